The highest BCUT2D eigenvalue weighted by Gasteiger charge is 2.65. The summed E-state index contributed by atoms with van der Waals surface area (Å²) in [7, 11) is 1.24. The number of nitrogens with zero attached hydrogens (tertiary/aromatic N) is 1. The molecule has 63 heavy (non-hydrogen) atoms. The molecule has 2 amide bonds. The predicted octanol–water partition coefficient (Wildman–Crippen LogP) is 7.85. The van der Waals surface area contributed by atoms with Crippen molar-refractivity contribution in [1.29, 1.82) is 0 Å². The molecular formula is C54H48N4O5. The van der Waals surface area contributed by atoms with Crippen molar-refractivity contribution in [3.8, 4) is 0 Å². The van der Waals surface area contributed by atoms with Crippen LogP contribution in [-0.4, -0.2) is 53.1 Å². The maximum atomic E-state index is 15.4. The summed E-state index contributed by atoms with van der Waals surface area (Å²) in [6.45, 7) is 0. The third-order valence-corrected chi connectivity index (χ3v) is 12.7. The van der Waals surface area contributed by atoms with Crippen molar-refractivity contribution in [2.75, 3.05) is 12.4 Å². The molecule has 0 spiro atoms. The Morgan fingerprint density at radius 3 is 1.46 bits per heavy atom. The Hall–Kier alpha value is -7.33. The fourth-order valence-electron chi connectivity index (χ4n) is 9.96. The lowest BCUT2D eigenvalue weighted by Crippen LogP contribution is -2.61. The smallest absolute Gasteiger partial charge is 0.328 e. The van der Waals surface area contributed by atoms with Crippen LogP contribution in [0.1, 0.15) is 51.8 Å². The molecule has 9 rings (SSSR count). The van der Waals surface area contributed by atoms with Crippen LogP contribution in [0.3, 0.4) is 0 Å². The van der Waals surface area contributed by atoms with Gasteiger partial charge in [0.1, 0.15) is 23.3 Å². The van der Waals surface area contributed by atoms with Crippen molar-refractivity contribution in [2.24, 2.45) is 0 Å². The molecule has 0 saturated carbocycles. The lowest BCUT2D eigenvalue weighted by Gasteiger charge is -2.48. The van der Waals surface area contributed by atoms with E-state index in [1.807, 2.05) is 206 Å². The number of esters is 1. The van der Waals surface area contributed by atoms with Crippen molar-refractivity contribution < 1.29 is 24.2 Å². The van der Waals surface area contributed by atoms with Crippen molar-refractivity contribution in [2.45, 2.75) is 47.8 Å². The van der Waals surface area contributed by atoms with E-state index in [9.17, 15) is 14.7 Å². The molecule has 2 heterocycles. The van der Waals surface area contributed by atoms with E-state index in [0.29, 0.717) is 5.56 Å². The van der Waals surface area contributed by atoms with Gasteiger partial charge in [-0.2, -0.15) is 0 Å². The Morgan fingerprint density at radius 2 is 1.03 bits per heavy atom. The van der Waals surface area contributed by atoms with Gasteiger partial charge in [-0.05, 0) is 39.4 Å². The largest absolute Gasteiger partial charge is 0.467 e. The molecule has 0 aliphatic carbocycles. The average Bonchev–Trinajstić information content (AvgIpc) is 3.80. The van der Waals surface area contributed by atoms with Crippen LogP contribution < -0.4 is 16.0 Å². The summed E-state index contributed by atoms with van der Waals surface area (Å²) in [6.07, 6.45) is -1.27. The number of para-hydroxylation sites is 1. The number of carbonyl (C=O) groups is 3. The number of hydrogen-bond acceptors (Lipinski definition) is 7. The van der Waals surface area contributed by atoms with Gasteiger partial charge in [-0.3, -0.25) is 14.5 Å². The average molecular weight is 833 g/mol. The second kappa shape index (κ2) is 17.2. The molecule has 9 nitrogen and oxygen atoms in total. The van der Waals surface area contributed by atoms with Gasteiger partial charge in [-0.15, -0.1) is 0 Å². The number of methoxy groups -OCH3 is 1. The van der Waals surface area contributed by atoms with Crippen molar-refractivity contribution in [3.63, 3.8) is 0 Å². The molecular weight excluding hydrogens is 785 g/mol. The molecule has 0 radical (unpaired) electrons. The summed E-state index contributed by atoms with van der Waals surface area (Å²) in [5.41, 5.74) is 2.60. The zero-order valence-electron chi connectivity index (χ0n) is 34.8. The molecule has 0 bridgehead atoms. The van der Waals surface area contributed by atoms with Gasteiger partial charge in [0, 0.05) is 17.7 Å². The van der Waals surface area contributed by atoms with Gasteiger partial charge >= 0.3 is 5.97 Å². The first kappa shape index (κ1) is 41.0. The summed E-state index contributed by atoms with van der Waals surface area (Å²) in [5.74, 6) is -1.83. The molecule has 4 N–H and O–H groups in total. The highest BCUT2D eigenvalue weighted by molar-refractivity contribution is 5.92. The van der Waals surface area contributed by atoms with E-state index in [4.69, 9.17) is 4.74 Å². The number of benzene rings is 7. The van der Waals surface area contributed by atoms with E-state index in [2.05, 4.69) is 20.9 Å². The third-order valence-electron chi connectivity index (χ3n) is 12.7. The first-order valence-electron chi connectivity index (χ1n) is 21.2. The minimum absolute atomic E-state index is 0.0268. The number of fused-ring (bicyclic) bond motifs is 3. The molecule has 7 aromatic rings. The van der Waals surface area contributed by atoms with Crippen LogP contribution in [0.15, 0.2) is 206 Å². The summed E-state index contributed by atoms with van der Waals surface area (Å²) in [4.78, 5) is 46.0. The van der Waals surface area contributed by atoms with Gasteiger partial charge in [0.15, 0.2) is 0 Å². The lowest BCUT2D eigenvalue weighted by atomic mass is 9.74. The monoisotopic (exact) mass is 832 g/mol. The number of nitrogens with one attached hydrogen (secondary N) is 3. The lowest BCUT2D eigenvalue weighted by molar-refractivity contribution is -0.147. The van der Waals surface area contributed by atoms with Crippen molar-refractivity contribution in [3.05, 3.63) is 245 Å². The van der Waals surface area contributed by atoms with Crippen LogP contribution in [0.2, 0.25) is 0 Å². The highest BCUT2D eigenvalue weighted by atomic mass is 16.5. The SMILES string of the molecule is COC(=O)[C@H](CC(=O)NC(c1ccccc1)(c1ccccc1)c1ccccc1)NC(=O)[C@@H]1C[C@@]2(O)c3ccccc3N[C@H]2N1C(c1ccccc1)(c1ccccc1)c1ccccc1. The Kier molecular flexibility index (Phi) is 11.2. The fraction of sp³-hybridized carbons (Fsp3) is 0.167. The number of anilines is 1. The third kappa shape index (κ3) is 7.15. The number of rotatable bonds is 13. The van der Waals surface area contributed by atoms with E-state index in [1.165, 1.54) is 7.11 Å². The Labute approximate surface area is 367 Å². The normalized spacial score (nSPS) is 18.6. The van der Waals surface area contributed by atoms with Gasteiger partial charge in [-0.25, -0.2) is 4.79 Å². The van der Waals surface area contributed by atoms with Crippen molar-refractivity contribution >= 4 is 23.5 Å². The van der Waals surface area contributed by atoms with E-state index in [-0.39, 0.29) is 6.42 Å². The van der Waals surface area contributed by atoms with Gasteiger partial charge in [0.05, 0.1) is 25.1 Å². The van der Waals surface area contributed by atoms with E-state index < -0.39 is 59.1 Å². The fourth-order valence-corrected chi connectivity index (χ4v) is 9.96. The van der Waals surface area contributed by atoms with Gasteiger partial charge in [0.25, 0.3) is 0 Å². The Bertz CT molecular complexity index is 2490. The second-order valence-corrected chi connectivity index (χ2v) is 16.1. The summed E-state index contributed by atoms with van der Waals surface area (Å²) in [5, 5.41) is 22.9. The standard InChI is InChI=1S/C54H48N4O5/c1-63-50(61)46(36-48(59)57-53(38-22-8-2-9-23-38,39-24-10-3-11-25-39)40-26-12-4-13-27-40)55-49(60)47-37-52(62)44-34-20-21-35-45(44)56-51(52)58(47)54(41-28-14-5-15-29-41,42-30-16-6-17-31-42)43-32-18-7-19-33-43/h2-35,46-47,51,56,62H,36-37H2,1H3,(H,55,60)(H,57,59)/t46-,47-,51-,52+/m0/s1. The number of amides is 2. The zero-order valence-corrected chi connectivity index (χ0v) is 34.8. The quantitative estimate of drug-likeness (QED) is 0.0691. The van der Waals surface area contributed by atoms with Crippen LogP contribution in [-0.2, 0) is 35.8 Å². The van der Waals surface area contributed by atoms with E-state index in [1.54, 1.807) is 0 Å². The van der Waals surface area contributed by atoms with E-state index in [0.717, 1.165) is 39.1 Å². The van der Waals surface area contributed by atoms with Crippen LogP contribution in [0.4, 0.5) is 5.69 Å². The van der Waals surface area contributed by atoms with Crippen LogP contribution in [0.5, 0.6) is 0 Å². The molecule has 4 atom stereocenters. The minimum atomic E-state index is -1.54. The topological polar surface area (TPSA) is 120 Å². The number of hydrogen-bond donors (Lipinski definition) is 4. The number of carbonyl (C=O) groups excluding carboxylic acids is 3. The first-order valence-corrected chi connectivity index (χ1v) is 21.2. The summed E-state index contributed by atoms with van der Waals surface area (Å²) >= 11 is 0. The molecule has 0 unspecified atom stereocenters. The predicted molar refractivity (Wildman–Crippen MR) is 243 cm³/mol. The molecule has 2 aliphatic rings. The first-order chi connectivity index (χ1) is 30.8. The minimum Gasteiger partial charge on any atom is -0.467 e. The maximum absolute atomic E-state index is 15.4. The molecule has 1 fully saturated rings. The van der Waals surface area contributed by atoms with Gasteiger partial charge in [0.2, 0.25) is 11.8 Å². The summed E-state index contributed by atoms with van der Waals surface area (Å²) in [6, 6.07) is 64.1. The second-order valence-electron chi connectivity index (χ2n) is 16.1. The number of likely N-dealkylation sites (tertiary alicyclic amines) is 1. The molecule has 9 heteroatoms. The maximum Gasteiger partial charge on any atom is 0.328 e. The van der Waals surface area contributed by atoms with E-state index >= 15 is 4.79 Å². The molecule has 7 aromatic carbocycles. The van der Waals surface area contributed by atoms with Crippen LogP contribution in [0, 0.1) is 0 Å². The molecule has 1 saturated heterocycles. The Balaban J connectivity index is 1.14. The van der Waals surface area contributed by atoms with Gasteiger partial charge in [-0.1, -0.05) is 200 Å². The van der Waals surface area contributed by atoms with Gasteiger partial charge < -0.3 is 25.8 Å². The van der Waals surface area contributed by atoms with Crippen molar-refractivity contribution in [1.82, 2.24) is 15.5 Å². The molecule has 0 aromatic heterocycles. The zero-order chi connectivity index (χ0) is 43.4. The van der Waals surface area contributed by atoms with Crippen LogP contribution >= 0.6 is 0 Å². The number of ether oxygens (including phenoxy) is 1. The summed E-state index contributed by atoms with van der Waals surface area (Å²) < 4.78 is 5.29. The Morgan fingerprint density at radius 1 is 0.635 bits per heavy atom. The molecule has 2 aliphatic heterocycles. The molecule has 314 valence electrons. The number of aliphatic hydroxyl groups is 1. The highest BCUT2D eigenvalue weighted by Crippen LogP contribution is 2.56. The van der Waals surface area contributed by atoms with Crippen LogP contribution in [0.25, 0.3) is 0 Å².